The van der Waals surface area contributed by atoms with Gasteiger partial charge in [0.15, 0.2) is 0 Å². The van der Waals surface area contributed by atoms with Crippen molar-refractivity contribution in [2.24, 2.45) is 5.41 Å². The molecule has 0 bridgehead atoms. The van der Waals surface area contributed by atoms with E-state index < -0.39 is 36.0 Å². The van der Waals surface area contributed by atoms with Gasteiger partial charge in [0.05, 0.1) is 18.7 Å². The zero-order valence-electron chi connectivity index (χ0n) is 23.4. The summed E-state index contributed by atoms with van der Waals surface area (Å²) in [6.07, 6.45) is 0.585. The molecule has 6 rings (SSSR count). The van der Waals surface area contributed by atoms with E-state index in [4.69, 9.17) is 9.47 Å². The third-order valence-electron chi connectivity index (χ3n) is 8.92. The maximum absolute atomic E-state index is 15.7. The van der Waals surface area contributed by atoms with Crippen LogP contribution in [0.1, 0.15) is 60.4 Å². The second-order valence-electron chi connectivity index (χ2n) is 11.9. The molecule has 1 N–H and O–H groups in total. The minimum atomic E-state index is -4.53. The molecule has 42 heavy (non-hydrogen) atoms. The summed E-state index contributed by atoms with van der Waals surface area (Å²) >= 11 is 0. The van der Waals surface area contributed by atoms with Gasteiger partial charge in [0, 0.05) is 24.2 Å². The maximum Gasteiger partial charge on any atom is 0.401 e. The number of nitrogens with zero attached hydrogens (tertiary/aromatic N) is 1. The van der Waals surface area contributed by atoms with E-state index in [-0.39, 0.29) is 23.8 Å². The van der Waals surface area contributed by atoms with Gasteiger partial charge in [0.25, 0.3) is 0 Å². The summed E-state index contributed by atoms with van der Waals surface area (Å²) in [5.41, 5.74) is 1.94. The number of alkyl halides is 3. The standard InChI is InChI=1S/C33H35F5N2O2/c34-28-16-25(42-26-18-32(19-26)10-4-12-39-13-11-32)17-29(35)30(28)31-27-8-7-24(41-20-22-5-2-1-3-6-22)15-23(27)9-14-40(31)21-33(36,37)38/h1-3,5-8,15-17,26,31,39H,4,9-14,18-21H2. The van der Waals surface area contributed by atoms with E-state index >= 15 is 8.78 Å². The normalized spacial score (nSPS) is 24.5. The predicted octanol–water partition coefficient (Wildman–Crippen LogP) is 7.35. The topological polar surface area (TPSA) is 33.7 Å². The van der Waals surface area contributed by atoms with E-state index in [1.165, 1.54) is 0 Å². The van der Waals surface area contributed by atoms with Gasteiger partial charge in [-0.15, -0.1) is 0 Å². The van der Waals surface area contributed by atoms with Gasteiger partial charge in [0.2, 0.25) is 0 Å². The van der Waals surface area contributed by atoms with E-state index in [1.54, 1.807) is 18.2 Å². The molecule has 1 spiro atoms. The van der Waals surface area contributed by atoms with Crippen LogP contribution in [0.15, 0.2) is 60.7 Å². The summed E-state index contributed by atoms with van der Waals surface area (Å²) in [6, 6.07) is 15.6. The average Bonchev–Trinajstić information content (AvgIpc) is 3.18. The van der Waals surface area contributed by atoms with Crippen molar-refractivity contribution in [2.45, 2.75) is 63.5 Å². The Morgan fingerprint density at radius 3 is 2.40 bits per heavy atom. The lowest BCUT2D eigenvalue weighted by molar-refractivity contribution is -0.150. The average molecular weight is 587 g/mol. The van der Waals surface area contributed by atoms with Crippen LogP contribution < -0.4 is 14.8 Å². The van der Waals surface area contributed by atoms with Crippen molar-refractivity contribution in [2.75, 3.05) is 26.2 Å². The predicted molar refractivity (Wildman–Crippen MR) is 150 cm³/mol. The van der Waals surface area contributed by atoms with Crippen LogP contribution in [0.3, 0.4) is 0 Å². The smallest absolute Gasteiger partial charge is 0.401 e. The second-order valence-corrected chi connectivity index (χ2v) is 11.9. The van der Waals surface area contributed by atoms with E-state index in [2.05, 4.69) is 5.32 Å². The molecular weight excluding hydrogens is 551 g/mol. The minimum Gasteiger partial charge on any atom is -0.490 e. The fraction of sp³-hybridized carbons (Fsp3) is 0.455. The van der Waals surface area contributed by atoms with Crippen LogP contribution in [0.4, 0.5) is 22.0 Å². The fourth-order valence-electron chi connectivity index (χ4n) is 6.90. The summed E-state index contributed by atoms with van der Waals surface area (Å²) < 4.78 is 84.0. The van der Waals surface area contributed by atoms with Gasteiger partial charge in [-0.1, -0.05) is 36.4 Å². The summed E-state index contributed by atoms with van der Waals surface area (Å²) in [5, 5.41) is 3.41. The summed E-state index contributed by atoms with van der Waals surface area (Å²) in [5.74, 6) is -1.20. The molecule has 3 aromatic carbocycles. The lowest BCUT2D eigenvalue weighted by atomic mass is 9.62. The van der Waals surface area contributed by atoms with Crippen LogP contribution in [0, 0.1) is 17.0 Å². The molecule has 3 aliphatic rings. The molecule has 224 valence electrons. The molecule has 0 aromatic heterocycles. The molecule has 4 nitrogen and oxygen atoms in total. The number of ether oxygens (including phenoxy) is 2. The quantitative estimate of drug-likeness (QED) is 0.294. The molecule has 2 heterocycles. The third-order valence-corrected chi connectivity index (χ3v) is 8.92. The van der Waals surface area contributed by atoms with Crippen molar-refractivity contribution in [3.63, 3.8) is 0 Å². The minimum absolute atomic E-state index is 0.00450. The van der Waals surface area contributed by atoms with Crippen molar-refractivity contribution >= 4 is 0 Å². The van der Waals surface area contributed by atoms with Gasteiger partial charge in [0.1, 0.15) is 29.7 Å². The third kappa shape index (κ3) is 6.42. The van der Waals surface area contributed by atoms with Crippen LogP contribution in [0.5, 0.6) is 11.5 Å². The zero-order valence-corrected chi connectivity index (χ0v) is 23.4. The fourth-order valence-corrected chi connectivity index (χ4v) is 6.90. The number of hydrogen-bond acceptors (Lipinski definition) is 4. The van der Waals surface area contributed by atoms with E-state index in [0.29, 0.717) is 29.9 Å². The van der Waals surface area contributed by atoms with Gasteiger partial charge in [-0.25, -0.2) is 8.78 Å². The van der Waals surface area contributed by atoms with Crippen molar-refractivity contribution in [1.29, 1.82) is 0 Å². The van der Waals surface area contributed by atoms with Crippen LogP contribution in [0.25, 0.3) is 0 Å². The number of nitrogens with one attached hydrogen (secondary N) is 1. The molecule has 9 heteroatoms. The Morgan fingerprint density at radius 1 is 0.905 bits per heavy atom. The second kappa shape index (κ2) is 11.8. The maximum atomic E-state index is 15.7. The molecule has 1 aliphatic carbocycles. The Hall–Kier alpha value is -3.17. The van der Waals surface area contributed by atoms with Crippen molar-refractivity contribution in [3.8, 4) is 11.5 Å². The van der Waals surface area contributed by atoms with E-state index in [9.17, 15) is 13.2 Å². The molecule has 1 unspecified atom stereocenters. The molecule has 1 saturated heterocycles. The van der Waals surface area contributed by atoms with E-state index in [1.807, 2.05) is 30.3 Å². The molecule has 0 radical (unpaired) electrons. The first-order valence-electron chi connectivity index (χ1n) is 14.6. The first-order chi connectivity index (χ1) is 20.2. The highest BCUT2D eigenvalue weighted by atomic mass is 19.4. The van der Waals surface area contributed by atoms with Gasteiger partial charge < -0.3 is 14.8 Å². The Morgan fingerprint density at radius 2 is 1.67 bits per heavy atom. The molecule has 2 aliphatic heterocycles. The van der Waals surface area contributed by atoms with Gasteiger partial charge >= 0.3 is 6.18 Å². The molecule has 3 aromatic rings. The molecular formula is C33H35F5N2O2. The highest BCUT2D eigenvalue weighted by Crippen LogP contribution is 2.50. The summed E-state index contributed by atoms with van der Waals surface area (Å²) in [7, 11) is 0. The largest absolute Gasteiger partial charge is 0.490 e. The molecule has 1 atom stereocenters. The Bertz CT molecular complexity index is 1360. The number of hydrogen-bond donors (Lipinski definition) is 1. The van der Waals surface area contributed by atoms with Crippen LogP contribution >= 0.6 is 0 Å². The van der Waals surface area contributed by atoms with Gasteiger partial charge in [-0.2, -0.15) is 13.2 Å². The van der Waals surface area contributed by atoms with Crippen molar-refractivity contribution in [1.82, 2.24) is 10.2 Å². The molecule has 0 amide bonds. The first kappa shape index (κ1) is 28.9. The Kier molecular flexibility index (Phi) is 8.16. The van der Waals surface area contributed by atoms with Gasteiger partial charge in [-0.05, 0) is 85.9 Å². The number of rotatable bonds is 7. The lowest BCUT2D eigenvalue weighted by Crippen LogP contribution is -2.44. The van der Waals surface area contributed by atoms with E-state index in [0.717, 1.165) is 67.8 Å². The number of halogens is 5. The monoisotopic (exact) mass is 586 g/mol. The molecule has 2 fully saturated rings. The van der Waals surface area contributed by atoms with Crippen molar-refractivity contribution < 1.29 is 31.4 Å². The highest BCUT2D eigenvalue weighted by Gasteiger charge is 2.45. The Labute approximate surface area is 242 Å². The first-order valence-corrected chi connectivity index (χ1v) is 14.6. The Balaban J connectivity index is 1.24. The van der Waals surface area contributed by atoms with Crippen LogP contribution in [-0.2, 0) is 13.0 Å². The van der Waals surface area contributed by atoms with Crippen LogP contribution in [-0.4, -0.2) is 43.4 Å². The zero-order chi connectivity index (χ0) is 29.3. The van der Waals surface area contributed by atoms with Gasteiger partial charge in [-0.3, -0.25) is 4.90 Å². The highest BCUT2D eigenvalue weighted by molar-refractivity contribution is 5.46. The summed E-state index contributed by atoms with van der Waals surface area (Å²) in [4.78, 5) is 1.10. The number of fused-ring (bicyclic) bond motifs is 1. The van der Waals surface area contributed by atoms with Crippen LogP contribution in [0.2, 0.25) is 0 Å². The summed E-state index contributed by atoms with van der Waals surface area (Å²) in [6.45, 7) is 1.01. The molecule has 1 saturated carbocycles. The lowest BCUT2D eigenvalue weighted by Gasteiger charge is -2.47. The SMILES string of the molecule is Fc1cc(OC2CC3(CCCNCC3)C2)cc(F)c1C1c2ccc(OCc3ccccc3)cc2CCN1CC(F)(F)F. The number of benzene rings is 3. The van der Waals surface area contributed by atoms with Crippen molar-refractivity contribution in [3.05, 3.63) is 94.6 Å².